The van der Waals surface area contributed by atoms with Crippen LogP contribution in [-0.4, -0.2) is 30.6 Å². The highest BCUT2D eigenvalue weighted by Crippen LogP contribution is 2.22. The molecule has 0 aromatic rings. The van der Waals surface area contributed by atoms with Crippen molar-refractivity contribution >= 4 is 0 Å². The predicted molar refractivity (Wildman–Crippen MR) is 57.7 cm³/mol. The van der Waals surface area contributed by atoms with Gasteiger partial charge in [0.05, 0.1) is 11.5 Å². The third-order valence-corrected chi connectivity index (χ3v) is 3.10. The van der Waals surface area contributed by atoms with Crippen LogP contribution in [0.1, 0.15) is 33.1 Å². The maximum absolute atomic E-state index is 8.90. The van der Waals surface area contributed by atoms with Crippen molar-refractivity contribution < 1.29 is 0 Å². The van der Waals surface area contributed by atoms with Crippen molar-refractivity contribution in [2.24, 2.45) is 11.1 Å². The lowest BCUT2D eigenvalue weighted by atomic mass is 9.91. The van der Waals surface area contributed by atoms with Crippen LogP contribution >= 0.6 is 0 Å². The third kappa shape index (κ3) is 2.97. The standard InChI is InChI=1S/C11H21N3/c1-11(2,9-13)5-7-14-6-3-4-10(14)8-12/h10H,3-8,12H2,1-2H3. The molecule has 1 fully saturated rings. The lowest BCUT2D eigenvalue weighted by molar-refractivity contribution is 0.229. The average Bonchev–Trinajstić information content (AvgIpc) is 2.62. The maximum atomic E-state index is 8.90. The normalized spacial score (nSPS) is 23.7. The van der Waals surface area contributed by atoms with Gasteiger partial charge in [-0.2, -0.15) is 5.26 Å². The van der Waals surface area contributed by atoms with Crippen LogP contribution in [0, 0.1) is 16.7 Å². The Morgan fingerprint density at radius 2 is 2.29 bits per heavy atom. The molecule has 1 saturated heterocycles. The lowest BCUT2D eigenvalue weighted by Crippen LogP contribution is -2.37. The fraction of sp³-hybridized carbons (Fsp3) is 0.909. The summed E-state index contributed by atoms with van der Waals surface area (Å²) in [5.41, 5.74) is 5.50. The molecule has 0 spiro atoms. The van der Waals surface area contributed by atoms with Gasteiger partial charge in [-0.1, -0.05) is 0 Å². The van der Waals surface area contributed by atoms with Crippen LogP contribution in [0.25, 0.3) is 0 Å². The molecule has 0 amide bonds. The van der Waals surface area contributed by atoms with Gasteiger partial charge in [0.15, 0.2) is 0 Å². The van der Waals surface area contributed by atoms with Gasteiger partial charge < -0.3 is 5.73 Å². The van der Waals surface area contributed by atoms with Gasteiger partial charge >= 0.3 is 0 Å². The Hall–Kier alpha value is -0.590. The predicted octanol–water partition coefficient (Wildman–Crippen LogP) is 1.35. The molecule has 2 N–H and O–H groups in total. The summed E-state index contributed by atoms with van der Waals surface area (Å²) < 4.78 is 0. The monoisotopic (exact) mass is 195 g/mol. The zero-order valence-electron chi connectivity index (χ0n) is 9.29. The Bertz CT molecular complexity index is 217. The van der Waals surface area contributed by atoms with Gasteiger partial charge in [0.2, 0.25) is 0 Å². The lowest BCUT2D eigenvalue weighted by Gasteiger charge is -2.26. The Morgan fingerprint density at radius 3 is 2.86 bits per heavy atom. The van der Waals surface area contributed by atoms with Gasteiger partial charge in [-0.25, -0.2) is 0 Å². The third-order valence-electron chi connectivity index (χ3n) is 3.10. The van der Waals surface area contributed by atoms with Crippen LogP contribution in [0.15, 0.2) is 0 Å². The van der Waals surface area contributed by atoms with E-state index >= 15 is 0 Å². The Kier molecular flexibility index (Phi) is 3.91. The number of nitrogens with zero attached hydrogens (tertiary/aromatic N) is 2. The minimum atomic E-state index is -0.193. The Morgan fingerprint density at radius 1 is 1.57 bits per heavy atom. The Balaban J connectivity index is 2.35. The van der Waals surface area contributed by atoms with Crippen molar-refractivity contribution in [3.8, 4) is 6.07 Å². The fourth-order valence-electron chi connectivity index (χ4n) is 1.94. The number of hydrogen-bond donors (Lipinski definition) is 1. The van der Waals surface area contributed by atoms with E-state index in [0.29, 0.717) is 6.04 Å². The highest BCUT2D eigenvalue weighted by molar-refractivity contribution is 4.93. The van der Waals surface area contributed by atoms with E-state index in [9.17, 15) is 0 Å². The molecule has 1 aliphatic rings. The summed E-state index contributed by atoms with van der Waals surface area (Å²) in [5.74, 6) is 0. The first-order valence-electron chi connectivity index (χ1n) is 5.44. The van der Waals surface area contributed by atoms with Gasteiger partial charge in [-0.15, -0.1) is 0 Å². The van der Waals surface area contributed by atoms with Gasteiger partial charge in [0, 0.05) is 12.6 Å². The van der Waals surface area contributed by atoms with Crippen LogP contribution in [0.2, 0.25) is 0 Å². The molecule has 1 rings (SSSR count). The first-order valence-corrected chi connectivity index (χ1v) is 5.44. The molecule has 1 unspecified atom stereocenters. The summed E-state index contributed by atoms with van der Waals surface area (Å²) in [7, 11) is 0. The van der Waals surface area contributed by atoms with E-state index in [1.54, 1.807) is 0 Å². The maximum Gasteiger partial charge on any atom is 0.0684 e. The summed E-state index contributed by atoms with van der Waals surface area (Å²) in [4.78, 5) is 2.43. The number of nitrogens with two attached hydrogens (primary N) is 1. The van der Waals surface area contributed by atoms with Crippen LogP contribution < -0.4 is 5.73 Å². The van der Waals surface area contributed by atoms with E-state index in [1.807, 2.05) is 13.8 Å². The number of nitriles is 1. The molecular weight excluding hydrogens is 174 g/mol. The topological polar surface area (TPSA) is 53.0 Å². The molecule has 0 aromatic heterocycles. The molecule has 0 bridgehead atoms. The van der Waals surface area contributed by atoms with E-state index < -0.39 is 0 Å². The smallest absolute Gasteiger partial charge is 0.0684 e. The van der Waals surface area contributed by atoms with Crippen molar-refractivity contribution in [3.05, 3.63) is 0 Å². The molecule has 0 radical (unpaired) electrons. The molecule has 0 aromatic carbocycles. The zero-order chi connectivity index (χ0) is 10.6. The van der Waals surface area contributed by atoms with Gasteiger partial charge in [-0.3, -0.25) is 4.90 Å². The number of rotatable bonds is 4. The second-order valence-electron chi connectivity index (χ2n) is 4.81. The Labute approximate surface area is 86.9 Å². The summed E-state index contributed by atoms with van der Waals surface area (Å²) in [6.07, 6.45) is 3.43. The van der Waals surface area contributed by atoms with Crippen molar-refractivity contribution in [2.75, 3.05) is 19.6 Å². The minimum absolute atomic E-state index is 0.193. The molecule has 3 nitrogen and oxygen atoms in total. The second kappa shape index (κ2) is 4.77. The minimum Gasteiger partial charge on any atom is -0.329 e. The van der Waals surface area contributed by atoms with Crippen LogP contribution in [0.4, 0.5) is 0 Å². The van der Waals surface area contributed by atoms with Crippen molar-refractivity contribution in [3.63, 3.8) is 0 Å². The van der Waals surface area contributed by atoms with Crippen molar-refractivity contribution in [1.82, 2.24) is 4.90 Å². The quantitative estimate of drug-likeness (QED) is 0.736. The summed E-state index contributed by atoms with van der Waals surface area (Å²) in [5, 5.41) is 8.90. The number of likely N-dealkylation sites (tertiary alicyclic amines) is 1. The van der Waals surface area contributed by atoms with Crippen LogP contribution in [-0.2, 0) is 0 Å². The first-order chi connectivity index (χ1) is 6.59. The van der Waals surface area contributed by atoms with E-state index in [4.69, 9.17) is 11.0 Å². The largest absolute Gasteiger partial charge is 0.329 e. The molecule has 80 valence electrons. The molecule has 1 atom stereocenters. The van der Waals surface area contributed by atoms with Gasteiger partial charge in [0.1, 0.15) is 0 Å². The van der Waals surface area contributed by atoms with E-state index in [0.717, 1.165) is 26.1 Å². The second-order valence-corrected chi connectivity index (χ2v) is 4.81. The molecule has 3 heteroatoms. The highest BCUT2D eigenvalue weighted by atomic mass is 15.2. The summed E-state index contributed by atoms with van der Waals surface area (Å²) >= 11 is 0. The fourth-order valence-corrected chi connectivity index (χ4v) is 1.94. The summed E-state index contributed by atoms with van der Waals surface area (Å²) in [6, 6.07) is 2.90. The summed E-state index contributed by atoms with van der Waals surface area (Å²) in [6.45, 7) is 6.93. The van der Waals surface area contributed by atoms with E-state index in [2.05, 4.69) is 11.0 Å². The van der Waals surface area contributed by atoms with Crippen LogP contribution in [0.3, 0.4) is 0 Å². The number of hydrogen-bond acceptors (Lipinski definition) is 3. The molecule has 0 aliphatic carbocycles. The molecule has 14 heavy (non-hydrogen) atoms. The zero-order valence-corrected chi connectivity index (χ0v) is 9.29. The van der Waals surface area contributed by atoms with Crippen LogP contribution in [0.5, 0.6) is 0 Å². The van der Waals surface area contributed by atoms with E-state index in [1.165, 1.54) is 12.8 Å². The molecule has 1 aliphatic heterocycles. The molecular formula is C11H21N3. The average molecular weight is 195 g/mol. The molecule has 0 saturated carbocycles. The SMILES string of the molecule is CC(C)(C#N)CCN1CCCC1CN. The van der Waals surface area contributed by atoms with E-state index in [-0.39, 0.29) is 5.41 Å². The molecule has 1 heterocycles. The van der Waals surface area contributed by atoms with Gasteiger partial charge in [0.25, 0.3) is 0 Å². The highest BCUT2D eigenvalue weighted by Gasteiger charge is 2.25. The van der Waals surface area contributed by atoms with Crippen molar-refractivity contribution in [1.29, 1.82) is 5.26 Å². The first kappa shape index (κ1) is 11.5. The van der Waals surface area contributed by atoms with Gasteiger partial charge in [-0.05, 0) is 46.2 Å². The van der Waals surface area contributed by atoms with Crippen molar-refractivity contribution in [2.45, 2.75) is 39.2 Å².